The van der Waals surface area contributed by atoms with Crippen LogP contribution in [0.2, 0.25) is 0 Å². The number of benzene rings is 1. The zero-order valence-corrected chi connectivity index (χ0v) is 9.95. The Balaban J connectivity index is 2.41. The highest BCUT2D eigenvalue weighted by Crippen LogP contribution is 2.35. The second kappa shape index (κ2) is 4.65. The van der Waals surface area contributed by atoms with E-state index in [0.717, 1.165) is 17.0 Å². The molecule has 102 valence electrons. The summed E-state index contributed by atoms with van der Waals surface area (Å²) >= 11 is 0. The van der Waals surface area contributed by atoms with Crippen molar-refractivity contribution in [3.8, 4) is 0 Å². The Kier molecular flexibility index (Phi) is 3.32. The molecule has 0 atom stereocenters. The summed E-state index contributed by atoms with van der Waals surface area (Å²) in [5.41, 5.74) is -1.04. The highest BCUT2D eigenvalue weighted by atomic mass is 19.4. The van der Waals surface area contributed by atoms with Gasteiger partial charge in [0.05, 0.1) is 16.8 Å². The van der Waals surface area contributed by atoms with Crippen LogP contribution in [-0.4, -0.2) is 25.0 Å². The molecular weight excluding hydrogens is 263 g/mol. The van der Waals surface area contributed by atoms with Crippen molar-refractivity contribution in [2.24, 2.45) is 0 Å². The highest BCUT2D eigenvalue weighted by Gasteiger charge is 2.39. The number of amides is 1. The molecule has 1 aromatic carbocycles. The van der Waals surface area contributed by atoms with E-state index in [4.69, 9.17) is 4.74 Å². The van der Waals surface area contributed by atoms with Gasteiger partial charge in [0.25, 0.3) is 5.78 Å². The first kappa shape index (κ1) is 13.5. The van der Waals surface area contributed by atoms with E-state index in [1.54, 1.807) is 6.92 Å². The number of fused-ring (bicyclic) bond motifs is 1. The van der Waals surface area contributed by atoms with Crippen LogP contribution < -0.4 is 4.90 Å². The van der Waals surface area contributed by atoms with Crippen LogP contribution >= 0.6 is 0 Å². The van der Waals surface area contributed by atoms with E-state index in [0.29, 0.717) is 12.7 Å². The van der Waals surface area contributed by atoms with Crippen molar-refractivity contribution in [3.05, 3.63) is 29.3 Å². The fraction of sp³-hybridized carbons (Fsp3) is 0.333. The first-order chi connectivity index (χ1) is 8.86. The summed E-state index contributed by atoms with van der Waals surface area (Å²) in [7, 11) is 0. The van der Waals surface area contributed by atoms with Crippen LogP contribution in [0.1, 0.15) is 22.8 Å². The summed E-state index contributed by atoms with van der Waals surface area (Å²) in [5.74, 6) is -1.82. The lowest BCUT2D eigenvalue weighted by atomic mass is 10.1. The number of Topliss-reactive ketones (excluding diaryl/α,β-unsaturated/α-hetero) is 1. The SMILES string of the molecule is CCOCN1C(=O)C(=O)c2cc(C(F)(F)F)ccc21. The van der Waals surface area contributed by atoms with Gasteiger partial charge < -0.3 is 4.74 Å². The predicted molar refractivity (Wildman–Crippen MR) is 59.8 cm³/mol. The van der Waals surface area contributed by atoms with E-state index in [9.17, 15) is 22.8 Å². The van der Waals surface area contributed by atoms with E-state index in [-0.39, 0.29) is 18.0 Å². The Morgan fingerprint density at radius 2 is 1.95 bits per heavy atom. The minimum absolute atomic E-state index is 0.149. The predicted octanol–water partition coefficient (Wildman–Crippen LogP) is 2.23. The molecule has 0 bridgehead atoms. The first-order valence-electron chi connectivity index (χ1n) is 5.51. The highest BCUT2D eigenvalue weighted by molar-refractivity contribution is 6.52. The van der Waals surface area contributed by atoms with E-state index in [1.165, 1.54) is 0 Å². The van der Waals surface area contributed by atoms with Gasteiger partial charge in [-0.2, -0.15) is 13.2 Å². The number of halogens is 3. The average Bonchev–Trinajstić information content (AvgIpc) is 2.59. The fourth-order valence-corrected chi connectivity index (χ4v) is 1.79. The van der Waals surface area contributed by atoms with Crippen molar-refractivity contribution in [1.82, 2.24) is 0 Å². The van der Waals surface area contributed by atoms with Gasteiger partial charge in [-0.15, -0.1) is 0 Å². The van der Waals surface area contributed by atoms with Crippen LogP contribution in [0.5, 0.6) is 0 Å². The smallest absolute Gasteiger partial charge is 0.361 e. The largest absolute Gasteiger partial charge is 0.416 e. The summed E-state index contributed by atoms with van der Waals surface area (Å²) in [6.45, 7) is 1.88. The normalized spacial score (nSPS) is 15.1. The maximum absolute atomic E-state index is 12.5. The van der Waals surface area contributed by atoms with Crippen LogP contribution in [0.3, 0.4) is 0 Å². The quantitative estimate of drug-likeness (QED) is 0.793. The summed E-state index contributed by atoms with van der Waals surface area (Å²) in [4.78, 5) is 24.3. The number of anilines is 1. The third-order valence-corrected chi connectivity index (χ3v) is 2.72. The summed E-state index contributed by atoms with van der Waals surface area (Å²) in [6, 6.07) is 2.64. The number of carbonyl (C=O) groups is 2. The number of rotatable bonds is 3. The summed E-state index contributed by atoms with van der Waals surface area (Å²) < 4.78 is 42.7. The number of ether oxygens (including phenoxy) is 1. The second-order valence-corrected chi connectivity index (χ2v) is 3.91. The lowest BCUT2D eigenvalue weighted by Gasteiger charge is -2.16. The fourth-order valence-electron chi connectivity index (χ4n) is 1.79. The van der Waals surface area contributed by atoms with Crippen molar-refractivity contribution in [3.63, 3.8) is 0 Å². The van der Waals surface area contributed by atoms with Gasteiger partial charge in [-0.25, -0.2) is 0 Å². The molecule has 0 N–H and O–H groups in total. The minimum atomic E-state index is -4.55. The molecule has 1 heterocycles. The van der Waals surface area contributed by atoms with Crippen LogP contribution in [-0.2, 0) is 15.7 Å². The van der Waals surface area contributed by atoms with Gasteiger partial charge in [0.2, 0.25) is 0 Å². The molecule has 1 amide bonds. The molecule has 7 heteroatoms. The first-order valence-corrected chi connectivity index (χ1v) is 5.51. The van der Waals surface area contributed by atoms with Gasteiger partial charge in [0.1, 0.15) is 6.73 Å². The molecule has 1 aliphatic heterocycles. The molecule has 19 heavy (non-hydrogen) atoms. The third-order valence-electron chi connectivity index (χ3n) is 2.72. The van der Waals surface area contributed by atoms with Gasteiger partial charge in [0, 0.05) is 6.61 Å². The van der Waals surface area contributed by atoms with Gasteiger partial charge in [-0.3, -0.25) is 14.5 Å². The van der Waals surface area contributed by atoms with Crippen LogP contribution in [0, 0.1) is 0 Å². The molecule has 1 aliphatic rings. The maximum Gasteiger partial charge on any atom is 0.416 e. The lowest BCUT2D eigenvalue weighted by Crippen LogP contribution is -2.31. The summed E-state index contributed by atoms with van der Waals surface area (Å²) in [6.07, 6.45) is -4.55. The summed E-state index contributed by atoms with van der Waals surface area (Å²) in [5, 5.41) is 0. The maximum atomic E-state index is 12.5. The molecule has 1 aromatic rings. The van der Waals surface area contributed by atoms with Crippen molar-refractivity contribution in [2.75, 3.05) is 18.2 Å². The molecule has 0 aromatic heterocycles. The molecule has 0 fully saturated rings. The molecule has 0 radical (unpaired) electrons. The molecule has 0 aliphatic carbocycles. The Morgan fingerprint density at radius 3 is 2.53 bits per heavy atom. The number of alkyl halides is 3. The van der Waals surface area contributed by atoms with Crippen molar-refractivity contribution < 1.29 is 27.5 Å². The second-order valence-electron chi connectivity index (χ2n) is 3.91. The number of nitrogens with zero attached hydrogens (tertiary/aromatic N) is 1. The monoisotopic (exact) mass is 273 g/mol. The Hall–Kier alpha value is -1.89. The number of hydrogen-bond donors (Lipinski definition) is 0. The van der Waals surface area contributed by atoms with Gasteiger partial charge in [-0.1, -0.05) is 0 Å². The molecule has 2 rings (SSSR count). The Labute approximate surface area is 106 Å². The lowest BCUT2D eigenvalue weighted by molar-refractivity contribution is -0.137. The van der Waals surface area contributed by atoms with Crippen molar-refractivity contribution in [1.29, 1.82) is 0 Å². The molecule has 4 nitrogen and oxygen atoms in total. The molecular formula is C12H10F3NO3. The molecule has 0 spiro atoms. The van der Waals surface area contributed by atoms with Gasteiger partial charge >= 0.3 is 12.1 Å². The molecule has 0 saturated carbocycles. The van der Waals surface area contributed by atoms with Gasteiger partial charge in [-0.05, 0) is 25.1 Å². The zero-order valence-electron chi connectivity index (χ0n) is 9.95. The van der Waals surface area contributed by atoms with Crippen molar-refractivity contribution >= 4 is 17.4 Å². The van der Waals surface area contributed by atoms with Crippen LogP contribution in [0.25, 0.3) is 0 Å². The zero-order chi connectivity index (χ0) is 14.2. The van der Waals surface area contributed by atoms with E-state index >= 15 is 0 Å². The molecule has 0 unspecified atom stereocenters. The standard InChI is InChI=1S/C12H10F3NO3/c1-2-19-6-16-9-4-3-7(12(13,14)15)5-8(9)10(17)11(16)18/h3-5H,2,6H2,1H3. The van der Waals surface area contributed by atoms with Crippen molar-refractivity contribution in [2.45, 2.75) is 13.1 Å². The Bertz CT molecular complexity index is 540. The number of hydrogen-bond acceptors (Lipinski definition) is 3. The number of carbonyl (C=O) groups excluding carboxylic acids is 2. The van der Waals surface area contributed by atoms with Gasteiger partial charge in [0.15, 0.2) is 0 Å². The number of ketones is 1. The Morgan fingerprint density at radius 1 is 1.26 bits per heavy atom. The van der Waals surface area contributed by atoms with E-state index in [2.05, 4.69) is 0 Å². The average molecular weight is 273 g/mol. The third kappa shape index (κ3) is 2.33. The molecule has 0 saturated heterocycles. The minimum Gasteiger partial charge on any atom is -0.361 e. The van der Waals surface area contributed by atoms with Crippen LogP contribution in [0.15, 0.2) is 18.2 Å². The van der Waals surface area contributed by atoms with E-state index in [1.807, 2.05) is 0 Å². The topological polar surface area (TPSA) is 46.6 Å². The van der Waals surface area contributed by atoms with E-state index < -0.39 is 23.4 Å². The van der Waals surface area contributed by atoms with Crippen LogP contribution in [0.4, 0.5) is 18.9 Å².